The molecule has 7 nitrogen and oxygen atoms in total. The fraction of sp³-hybridized carbons (Fsp3) is 0.875. The summed E-state index contributed by atoms with van der Waals surface area (Å²) in [6.07, 6.45) is 2.21. The number of hydrogen-bond donors (Lipinski definition) is 2. The van der Waals surface area contributed by atoms with Gasteiger partial charge in [0, 0.05) is 39.1 Å². The van der Waals surface area contributed by atoms with Crippen LogP contribution >= 0.6 is 24.0 Å². The second-order valence-electron chi connectivity index (χ2n) is 5.40. The third-order valence-corrected chi connectivity index (χ3v) is 3.51. The second-order valence-corrected chi connectivity index (χ2v) is 5.40. The first-order valence-electron chi connectivity index (χ1n) is 8.74. The first-order valence-corrected chi connectivity index (χ1v) is 8.74. The van der Waals surface area contributed by atoms with Gasteiger partial charge in [-0.3, -0.25) is 14.7 Å². The number of halogens is 1. The monoisotopic (exact) mass is 456 g/mol. The van der Waals surface area contributed by atoms with E-state index < -0.39 is 0 Å². The lowest BCUT2D eigenvalue weighted by Crippen LogP contribution is -2.40. The van der Waals surface area contributed by atoms with Gasteiger partial charge in [-0.25, -0.2) is 0 Å². The summed E-state index contributed by atoms with van der Waals surface area (Å²) >= 11 is 0. The second kappa shape index (κ2) is 15.9. The standard InChI is InChI=1S/C16H32N4O3.HI/c1-3-17-16(18-8-5-7-15(21)23-4-2)19-9-6-10-20-11-13-22-14-12-20;/h3-14H2,1-2H3,(H2,17,18,19);1H. The molecule has 1 fully saturated rings. The minimum absolute atomic E-state index is 0. The minimum atomic E-state index is -0.147. The first kappa shape index (κ1) is 23.4. The SMILES string of the molecule is CCNC(=NCCCC(=O)OCC)NCCCN1CCOCC1.I. The number of carbonyl (C=O) groups is 1. The van der Waals surface area contributed by atoms with Crippen molar-refractivity contribution in [1.82, 2.24) is 15.5 Å². The van der Waals surface area contributed by atoms with Crippen molar-refractivity contribution < 1.29 is 14.3 Å². The highest BCUT2D eigenvalue weighted by Crippen LogP contribution is 1.97. The van der Waals surface area contributed by atoms with Crippen LogP contribution in [0.15, 0.2) is 4.99 Å². The molecule has 1 saturated heterocycles. The lowest BCUT2D eigenvalue weighted by Gasteiger charge is -2.26. The summed E-state index contributed by atoms with van der Waals surface area (Å²) < 4.78 is 10.2. The maximum atomic E-state index is 11.3. The summed E-state index contributed by atoms with van der Waals surface area (Å²) in [6, 6.07) is 0. The van der Waals surface area contributed by atoms with Gasteiger partial charge >= 0.3 is 5.97 Å². The Morgan fingerprint density at radius 1 is 1.21 bits per heavy atom. The van der Waals surface area contributed by atoms with Gasteiger partial charge in [-0.1, -0.05) is 0 Å². The Hall–Kier alpha value is -0.610. The van der Waals surface area contributed by atoms with Crippen LogP contribution in [-0.4, -0.2) is 75.9 Å². The molecular weight excluding hydrogens is 423 g/mol. The Balaban J connectivity index is 0.00000529. The number of ether oxygens (including phenoxy) is 2. The van der Waals surface area contributed by atoms with Crippen molar-refractivity contribution in [2.45, 2.75) is 33.1 Å². The van der Waals surface area contributed by atoms with Crippen molar-refractivity contribution >= 4 is 35.9 Å². The van der Waals surface area contributed by atoms with Gasteiger partial charge in [-0.15, -0.1) is 24.0 Å². The van der Waals surface area contributed by atoms with E-state index in [2.05, 4.69) is 20.5 Å². The van der Waals surface area contributed by atoms with E-state index in [0.717, 1.165) is 58.3 Å². The Morgan fingerprint density at radius 3 is 2.62 bits per heavy atom. The number of hydrogen-bond acceptors (Lipinski definition) is 5. The molecule has 0 unspecified atom stereocenters. The molecule has 142 valence electrons. The van der Waals surface area contributed by atoms with E-state index in [-0.39, 0.29) is 29.9 Å². The van der Waals surface area contributed by atoms with Crippen molar-refractivity contribution in [2.24, 2.45) is 4.99 Å². The molecule has 0 atom stereocenters. The van der Waals surface area contributed by atoms with Gasteiger partial charge in [0.25, 0.3) is 0 Å². The van der Waals surface area contributed by atoms with Crippen LogP contribution in [0.4, 0.5) is 0 Å². The number of esters is 1. The van der Waals surface area contributed by atoms with Gasteiger partial charge in [0.05, 0.1) is 19.8 Å². The summed E-state index contributed by atoms with van der Waals surface area (Å²) in [6.45, 7) is 11.5. The van der Waals surface area contributed by atoms with E-state index in [1.165, 1.54) is 0 Å². The fourth-order valence-electron chi connectivity index (χ4n) is 2.32. The van der Waals surface area contributed by atoms with Gasteiger partial charge in [-0.2, -0.15) is 0 Å². The average molecular weight is 456 g/mol. The summed E-state index contributed by atoms with van der Waals surface area (Å²) in [5.41, 5.74) is 0. The van der Waals surface area contributed by atoms with Crippen LogP contribution in [0.25, 0.3) is 0 Å². The van der Waals surface area contributed by atoms with Crippen LogP contribution in [0, 0.1) is 0 Å². The molecule has 1 rings (SSSR count). The topological polar surface area (TPSA) is 75.2 Å². The lowest BCUT2D eigenvalue weighted by molar-refractivity contribution is -0.143. The molecule has 2 N–H and O–H groups in total. The van der Waals surface area contributed by atoms with Crippen LogP contribution in [0.3, 0.4) is 0 Å². The predicted molar refractivity (Wildman–Crippen MR) is 107 cm³/mol. The van der Waals surface area contributed by atoms with Gasteiger partial charge in [-0.05, 0) is 33.2 Å². The van der Waals surface area contributed by atoms with Gasteiger partial charge in [0.2, 0.25) is 0 Å². The molecule has 0 amide bonds. The van der Waals surface area contributed by atoms with Crippen molar-refractivity contribution in [3.8, 4) is 0 Å². The van der Waals surface area contributed by atoms with E-state index in [4.69, 9.17) is 9.47 Å². The number of guanidine groups is 1. The zero-order valence-corrected chi connectivity index (χ0v) is 17.3. The van der Waals surface area contributed by atoms with E-state index in [1.807, 2.05) is 13.8 Å². The Morgan fingerprint density at radius 2 is 1.96 bits per heavy atom. The summed E-state index contributed by atoms with van der Waals surface area (Å²) in [4.78, 5) is 18.2. The summed E-state index contributed by atoms with van der Waals surface area (Å²) in [5, 5.41) is 6.56. The number of nitrogens with zero attached hydrogens (tertiary/aromatic N) is 2. The Bertz CT molecular complexity index is 350. The number of nitrogens with one attached hydrogen (secondary N) is 2. The van der Waals surface area contributed by atoms with Crippen LogP contribution in [0.5, 0.6) is 0 Å². The highest BCUT2D eigenvalue weighted by molar-refractivity contribution is 14.0. The third-order valence-electron chi connectivity index (χ3n) is 3.51. The Kier molecular flexibility index (Phi) is 15.5. The molecular formula is C16H33IN4O3. The summed E-state index contributed by atoms with van der Waals surface area (Å²) in [7, 11) is 0. The van der Waals surface area contributed by atoms with E-state index >= 15 is 0 Å². The Labute approximate surface area is 162 Å². The molecule has 24 heavy (non-hydrogen) atoms. The molecule has 0 saturated carbocycles. The highest BCUT2D eigenvalue weighted by Gasteiger charge is 2.09. The molecule has 1 heterocycles. The van der Waals surface area contributed by atoms with Crippen molar-refractivity contribution in [3.63, 3.8) is 0 Å². The van der Waals surface area contributed by atoms with E-state index in [9.17, 15) is 4.79 Å². The smallest absolute Gasteiger partial charge is 0.305 e. The van der Waals surface area contributed by atoms with E-state index in [1.54, 1.807) is 0 Å². The molecule has 1 aliphatic rings. The van der Waals surface area contributed by atoms with Crippen molar-refractivity contribution in [3.05, 3.63) is 0 Å². The molecule has 8 heteroatoms. The minimum Gasteiger partial charge on any atom is -0.466 e. The maximum Gasteiger partial charge on any atom is 0.305 e. The molecule has 0 spiro atoms. The largest absolute Gasteiger partial charge is 0.466 e. The normalized spacial score (nSPS) is 15.5. The maximum absolute atomic E-state index is 11.3. The fourth-order valence-corrected chi connectivity index (χ4v) is 2.32. The number of aliphatic imine (C=N–C) groups is 1. The molecule has 0 aliphatic carbocycles. The van der Waals surface area contributed by atoms with Crippen LogP contribution in [-0.2, 0) is 14.3 Å². The first-order chi connectivity index (χ1) is 11.3. The average Bonchev–Trinajstić information content (AvgIpc) is 2.56. The lowest BCUT2D eigenvalue weighted by atomic mass is 10.3. The number of rotatable bonds is 10. The molecule has 0 aromatic carbocycles. The predicted octanol–water partition coefficient (Wildman–Crippen LogP) is 1.23. The molecule has 0 aromatic heterocycles. The van der Waals surface area contributed by atoms with Crippen LogP contribution in [0.2, 0.25) is 0 Å². The van der Waals surface area contributed by atoms with Gasteiger partial charge in [0.1, 0.15) is 0 Å². The zero-order valence-electron chi connectivity index (χ0n) is 15.0. The van der Waals surface area contributed by atoms with Crippen molar-refractivity contribution in [1.29, 1.82) is 0 Å². The molecule has 1 aliphatic heterocycles. The van der Waals surface area contributed by atoms with Crippen LogP contribution < -0.4 is 10.6 Å². The van der Waals surface area contributed by atoms with Crippen LogP contribution in [0.1, 0.15) is 33.1 Å². The van der Waals surface area contributed by atoms with Gasteiger partial charge in [0.15, 0.2) is 5.96 Å². The number of carbonyl (C=O) groups excluding carboxylic acids is 1. The molecule has 0 bridgehead atoms. The highest BCUT2D eigenvalue weighted by atomic mass is 127. The molecule has 0 aromatic rings. The number of morpholine rings is 1. The zero-order chi connectivity index (χ0) is 16.8. The van der Waals surface area contributed by atoms with E-state index in [0.29, 0.717) is 26.0 Å². The quantitative estimate of drug-likeness (QED) is 0.169. The third kappa shape index (κ3) is 11.9. The van der Waals surface area contributed by atoms with Crippen molar-refractivity contribution in [2.75, 3.05) is 59.1 Å². The molecule has 0 radical (unpaired) electrons. The van der Waals surface area contributed by atoms with Gasteiger partial charge < -0.3 is 20.1 Å². The summed E-state index contributed by atoms with van der Waals surface area (Å²) in [5.74, 6) is 0.671.